The van der Waals surface area contributed by atoms with Crippen molar-refractivity contribution in [1.29, 1.82) is 0 Å². The molecule has 1 fully saturated rings. The van der Waals surface area contributed by atoms with Gasteiger partial charge in [-0.05, 0) is 12.1 Å². The van der Waals surface area contributed by atoms with Crippen molar-refractivity contribution in [3.8, 4) is 11.5 Å². The third-order valence-electron chi connectivity index (χ3n) is 2.75. The maximum absolute atomic E-state index is 11.2. The van der Waals surface area contributed by atoms with E-state index in [1.807, 2.05) is 0 Å². The molecule has 1 aromatic carbocycles. The fourth-order valence-electron chi connectivity index (χ4n) is 1.93. The quantitative estimate of drug-likeness (QED) is 0.601. The van der Waals surface area contributed by atoms with Gasteiger partial charge in [-0.1, -0.05) is 0 Å². The van der Waals surface area contributed by atoms with E-state index in [4.69, 9.17) is 4.74 Å². The van der Waals surface area contributed by atoms with Crippen LogP contribution in [0.2, 0.25) is 0 Å². The Hall–Kier alpha value is -1.75. The summed E-state index contributed by atoms with van der Waals surface area (Å²) < 4.78 is 5.44. The molecule has 0 aliphatic carbocycles. The van der Waals surface area contributed by atoms with E-state index in [-0.39, 0.29) is 24.3 Å². The van der Waals surface area contributed by atoms with Crippen molar-refractivity contribution < 1.29 is 19.7 Å². The number of benzene rings is 1. The number of fused-ring (bicyclic) bond motifs is 2. The van der Waals surface area contributed by atoms with Crippen LogP contribution in [-0.4, -0.2) is 27.2 Å². The summed E-state index contributed by atoms with van der Waals surface area (Å²) in [6.45, 7) is 0. The van der Waals surface area contributed by atoms with Crippen LogP contribution >= 0.6 is 0 Å². The number of nitrogens with zero attached hydrogens (tertiary/aromatic N) is 1. The molecule has 0 aromatic heterocycles. The third-order valence-corrected chi connectivity index (χ3v) is 2.75. The number of β-lactam (4-membered cyclic amide) rings is 1. The van der Waals surface area contributed by atoms with Crippen molar-refractivity contribution in [1.82, 2.24) is 4.90 Å². The Labute approximate surface area is 85.5 Å². The van der Waals surface area contributed by atoms with E-state index in [2.05, 4.69) is 0 Å². The second-order valence-electron chi connectivity index (χ2n) is 3.67. The average Bonchev–Trinajstić information content (AvgIpc) is 2.15. The number of hydrogen-bond donors (Lipinski definition) is 2. The molecule has 2 N–H and O–H groups in total. The van der Waals surface area contributed by atoms with Crippen LogP contribution in [0.3, 0.4) is 0 Å². The lowest BCUT2D eigenvalue weighted by molar-refractivity contribution is -0.192. The number of amides is 1. The van der Waals surface area contributed by atoms with E-state index in [1.165, 1.54) is 17.0 Å². The minimum absolute atomic E-state index is 0.0834. The smallest absolute Gasteiger partial charge is 0.233 e. The monoisotopic (exact) mass is 207 g/mol. The van der Waals surface area contributed by atoms with E-state index in [9.17, 15) is 15.0 Å². The fourth-order valence-corrected chi connectivity index (χ4v) is 1.93. The van der Waals surface area contributed by atoms with Gasteiger partial charge in [0.15, 0.2) is 12.5 Å². The average molecular weight is 207 g/mol. The highest BCUT2D eigenvalue weighted by molar-refractivity contribution is 5.83. The van der Waals surface area contributed by atoms with Crippen LogP contribution in [0.25, 0.3) is 0 Å². The zero-order valence-corrected chi connectivity index (χ0v) is 7.75. The molecule has 5 heteroatoms. The predicted molar refractivity (Wildman–Crippen MR) is 48.9 cm³/mol. The Morgan fingerprint density at radius 1 is 1.47 bits per heavy atom. The van der Waals surface area contributed by atoms with E-state index in [0.29, 0.717) is 11.3 Å². The molecule has 3 rings (SSSR count). The number of hydrogen-bond acceptors (Lipinski definition) is 4. The van der Waals surface area contributed by atoms with Gasteiger partial charge in [0.1, 0.15) is 11.5 Å². The lowest BCUT2D eigenvalue weighted by Gasteiger charge is -2.46. The van der Waals surface area contributed by atoms with E-state index in [0.717, 1.165) is 0 Å². The van der Waals surface area contributed by atoms with Crippen molar-refractivity contribution in [2.75, 3.05) is 0 Å². The van der Waals surface area contributed by atoms with Crippen LogP contribution in [0.5, 0.6) is 11.5 Å². The molecule has 0 unspecified atom stereocenters. The summed E-state index contributed by atoms with van der Waals surface area (Å²) in [6, 6.07) is 4.45. The summed E-state index contributed by atoms with van der Waals surface area (Å²) in [5, 5.41) is 19.1. The molecule has 1 aromatic rings. The lowest BCUT2D eigenvalue weighted by Crippen LogP contribution is -2.59. The zero-order chi connectivity index (χ0) is 10.6. The number of aromatic hydroxyl groups is 1. The summed E-state index contributed by atoms with van der Waals surface area (Å²) >= 11 is 0. The molecule has 0 radical (unpaired) electrons. The standard InChI is InChI=1S/C10H9NO4/c12-5-1-2-6-7(3-5)15-9-4-8(13)11(9)10(6)14/h1-3,9-10,12,14H,4H2/t9-,10+/m1/s1. The highest BCUT2D eigenvalue weighted by Crippen LogP contribution is 2.41. The summed E-state index contributed by atoms with van der Waals surface area (Å²) in [5.74, 6) is 0.405. The molecule has 0 saturated carbocycles. The maximum Gasteiger partial charge on any atom is 0.233 e. The Bertz CT molecular complexity index is 445. The summed E-state index contributed by atoms with van der Waals surface area (Å²) in [4.78, 5) is 12.5. The van der Waals surface area contributed by atoms with Gasteiger partial charge in [-0.2, -0.15) is 0 Å². The molecular weight excluding hydrogens is 198 g/mol. The van der Waals surface area contributed by atoms with Crippen LogP contribution in [0.1, 0.15) is 18.2 Å². The van der Waals surface area contributed by atoms with Crippen LogP contribution in [0.15, 0.2) is 18.2 Å². The molecule has 2 aliphatic rings. The van der Waals surface area contributed by atoms with Gasteiger partial charge in [-0.25, -0.2) is 0 Å². The van der Waals surface area contributed by atoms with Crippen molar-refractivity contribution in [2.24, 2.45) is 0 Å². The second-order valence-corrected chi connectivity index (χ2v) is 3.67. The Morgan fingerprint density at radius 2 is 2.27 bits per heavy atom. The summed E-state index contributed by atoms with van der Waals surface area (Å²) in [7, 11) is 0. The zero-order valence-electron chi connectivity index (χ0n) is 7.75. The Balaban J connectivity index is 2.06. The molecular formula is C10H9NO4. The van der Waals surface area contributed by atoms with Gasteiger partial charge in [0.05, 0.1) is 6.42 Å². The first-order valence-corrected chi connectivity index (χ1v) is 4.65. The second kappa shape index (κ2) is 2.64. The van der Waals surface area contributed by atoms with E-state index >= 15 is 0 Å². The minimum atomic E-state index is -0.958. The first kappa shape index (κ1) is 8.55. The first-order chi connectivity index (χ1) is 7.16. The van der Waals surface area contributed by atoms with Gasteiger partial charge in [0.25, 0.3) is 0 Å². The number of carbonyl (C=O) groups excluding carboxylic acids is 1. The van der Waals surface area contributed by atoms with Crippen molar-refractivity contribution in [2.45, 2.75) is 18.9 Å². The number of phenols is 1. The third kappa shape index (κ3) is 1.04. The number of aliphatic hydroxyl groups excluding tert-OH is 1. The molecule has 0 spiro atoms. The maximum atomic E-state index is 11.2. The van der Waals surface area contributed by atoms with Gasteiger partial charge in [0.2, 0.25) is 5.91 Å². The highest BCUT2D eigenvalue weighted by Gasteiger charge is 2.46. The normalized spacial score (nSPS) is 27.5. The number of aliphatic hydroxyl groups is 1. The van der Waals surface area contributed by atoms with Crippen LogP contribution in [-0.2, 0) is 4.79 Å². The minimum Gasteiger partial charge on any atom is -0.508 e. The van der Waals surface area contributed by atoms with Crippen LogP contribution < -0.4 is 4.74 Å². The van der Waals surface area contributed by atoms with Gasteiger partial charge < -0.3 is 14.9 Å². The largest absolute Gasteiger partial charge is 0.508 e. The predicted octanol–water partition coefficient (Wildman–Crippen LogP) is 0.334. The van der Waals surface area contributed by atoms with Crippen molar-refractivity contribution >= 4 is 5.91 Å². The Kier molecular flexibility index (Phi) is 1.50. The summed E-state index contributed by atoms with van der Waals surface area (Å²) in [5.41, 5.74) is 0.511. The molecule has 1 saturated heterocycles. The molecule has 1 amide bonds. The van der Waals surface area contributed by atoms with Gasteiger partial charge >= 0.3 is 0 Å². The van der Waals surface area contributed by atoms with Crippen molar-refractivity contribution in [3.05, 3.63) is 23.8 Å². The van der Waals surface area contributed by atoms with Crippen LogP contribution in [0, 0.1) is 0 Å². The SMILES string of the molecule is O=C1C[C@H]2Oc3cc(O)ccc3[C@H](O)N12. The summed E-state index contributed by atoms with van der Waals surface area (Å²) in [6.07, 6.45) is -1.06. The number of carbonyl (C=O) groups is 1. The number of ether oxygens (including phenoxy) is 1. The number of rotatable bonds is 0. The molecule has 2 atom stereocenters. The van der Waals surface area contributed by atoms with Gasteiger partial charge in [0, 0.05) is 11.6 Å². The molecule has 0 bridgehead atoms. The topological polar surface area (TPSA) is 70.0 Å². The van der Waals surface area contributed by atoms with E-state index in [1.54, 1.807) is 6.07 Å². The number of phenolic OH excluding ortho intramolecular Hbond substituents is 1. The molecule has 5 nitrogen and oxygen atoms in total. The van der Waals surface area contributed by atoms with Crippen LogP contribution in [0.4, 0.5) is 0 Å². The fraction of sp³-hybridized carbons (Fsp3) is 0.300. The Morgan fingerprint density at radius 3 is 3.00 bits per heavy atom. The van der Waals surface area contributed by atoms with Crippen molar-refractivity contribution in [3.63, 3.8) is 0 Å². The highest BCUT2D eigenvalue weighted by atomic mass is 16.5. The molecule has 2 aliphatic heterocycles. The van der Waals surface area contributed by atoms with E-state index < -0.39 is 6.23 Å². The van der Waals surface area contributed by atoms with Gasteiger partial charge in [-0.3, -0.25) is 9.69 Å². The first-order valence-electron chi connectivity index (χ1n) is 4.65. The lowest BCUT2D eigenvalue weighted by atomic mass is 10.0. The molecule has 2 heterocycles. The van der Waals surface area contributed by atoms with Gasteiger partial charge in [-0.15, -0.1) is 0 Å². The molecule has 15 heavy (non-hydrogen) atoms. The molecule has 78 valence electrons.